The summed E-state index contributed by atoms with van der Waals surface area (Å²) in [4.78, 5) is 11.0. The van der Waals surface area contributed by atoms with E-state index in [0.29, 0.717) is 5.75 Å². The fourth-order valence-corrected chi connectivity index (χ4v) is 2.99. The first-order chi connectivity index (χ1) is 16.7. The molecule has 0 bridgehead atoms. The lowest BCUT2D eigenvalue weighted by Gasteiger charge is -2.03. The van der Waals surface area contributed by atoms with Crippen molar-refractivity contribution in [1.82, 2.24) is 0 Å². The summed E-state index contributed by atoms with van der Waals surface area (Å²) in [5.41, 5.74) is 0.161. The Kier molecular flexibility index (Phi) is 23.6. The number of unbranched alkanes of at least 4 members (excludes halogenated alkanes) is 8. The molecule has 0 saturated carbocycles. The highest BCUT2D eigenvalue weighted by atomic mass is 16.5. The summed E-state index contributed by atoms with van der Waals surface area (Å²) in [6, 6.07) is 6.59. The smallest absolute Gasteiger partial charge is 0.339 e. The van der Waals surface area contributed by atoms with Gasteiger partial charge in [0.25, 0.3) is 0 Å². The van der Waals surface area contributed by atoms with Gasteiger partial charge < -0.3 is 14.6 Å². The van der Waals surface area contributed by atoms with Gasteiger partial charge in [0.15, 0.2) is 0 Å². The Hall–Kier alpha value is -2.33. The van der Waals surface area contributed by atoms with E-state index in [9.17, 15) is 4.79 Å². The molecule has 4 nitrogen and oxygen atoms in total. The number of carbonyl (C=O) groups is 1. The van der Waals surface area contributed by atoms with Crippen LogP contribution in [0.15, 0.2) is 60.9 Å². The summed E-state index contributed by atoms with van der Waals surface area (Å²) >= 11 is 0. The predicted octanol–water partition coefficient (Wildman–Crippen LogP) is 9.13. The SMILES string of the molecule is CCCCCCCCC=CCC=CC=COc1ccccc1C(=O)O.CCCCOCCCC. The lowest BCUT2D eigenvalue weighted by molar-refractivity contribution is 0.0694. The Morgan fingerprint density at radius 1 is 0.794 bits per heavy atom. The van der Waals surface area contributed by atoms with Gasteiger partial charge in [0.1, 0.15) is 11.3 Å². The third kappa shape index (κ3) is 20.3. The minimum atomic E-state index is -0.991. The molecule has 0 aliphatic heterocycles. The number of carboxylic acid groups (broad SMARTS) is 1. The second-order valence-corrected chi connectivity index (χ2v) is 8.26. The van der Waals surface area contributed by atoms with E-state index in [4.69, 9.17) is 14.6 Å². The zero-order valence-corrected chi connectivity index (χ0v) is 21.8. The number of aromatic carboxylic acids is 1. The first-order valence-corrected chi connectivity index (χ1v) is 13.2. The lowest BCUT2D eigenvalue weighted by Crippen LogP contribution is -1.99. The topological polar surface area (TPSA) is 55.8 Å². The molecule has 4 heteroatoms. The quantitative estimate of drug-likeness (QED) is 0.0943. The van der Waals surface area contributed by atoms with Crippen molar-refractivity contribution in [3.63, 3.8) is 0 Å². The molecule has 0 aliphatic carbocycles. The Labute approximate surface area is 208 Å². The maximum Gasteiger partial charge on any atom is 0.339 e. The number of hydrogen-bond donors (Lipinski definition) is 1. The molecule has 1 aromatic carbocycles. The Morgan fingerprint density at radius 3 is 2.12 bits per heavy atom. The Bertz CT molecular complexity index is 670. The Morgan fingerprint density at radius 2 is 1.44 bits per heavy atom. The number of para-hydroxylation sites is 1. The average Bonchev–Trinajstić information content (AvgIpc) is 2.85. The molecule has 0 unspecified atom stereocenters. The number of hydrogen-bond acceptors (Lipinski definition) is 3. The number of allylic oxidation sites excluding steroid dienone is 5. The van der Waals surface area contributed by atoms with Crippen molar-refractivity contribution >= 4 is 5.97 Å². The van der Waals surface area contributed by atoms with Crippen molar-refractivity contribution in [2.75, 3.05) is 13.2 Å². The van der Waals surface area contributed by atoms with Gasteiger partial charge in [0.05, 0.1) is 6.26 Å². The van der Waals surface area contributed by atoms with Crippen LogP contribution >= 0.6 is 0 Å². The fraction of sp³-hybridized carbons (Fsp3) is 0.567. The minimum Gasteiger partial charge on any atom is -0.478 e. The second-order valence-electron chi connectivity index (χ2n) is 8.26. The molecule has 0 amide bonds. The number of ether oxygens (including phenoxy) is 2. The van der Waals surface area contributed by atoms with Crippen LogP contribution in [0.2, 0.25) is 0 Å². The van der Waals surface area contributed by atoms with Crippen molar-refractivity contribution < 1.29 is 19.4 Å². The van der Waals surface area contributed by atoms with Crippen molar-refractivity contribution in [3.8, 4) is 5.75 Å². The monoisotopic (exact) mass is 472 g/mol. The van der Waals surface area contributed by atoms with E-state index >= 15 is 0 Å². The van der Waals surface area contributed by atoms with Gasteiger partial charge in [0, 0.05) is 13.2 Å². The molecule has 34 heavy (non-hydrogen) atoms. The summed E-state index contributed by atoms with van der Waals surface area (Å²) in [5, 5.41) is 9.06. The third-order valence-corrected chi connectivity index (χ3v) is 5.09. The molecule has 1 aromatic rings. The van der Waals surface area contributed by atoms with Gasteiger partial charge in [-0.15, -0.1) is 0 Å². The van der Waals surface area contributed by atoms with Crippen molar-refractivity contribution in [2.45, 2.75) is 97.8 Å². The Balaban J connectivity index is 0.00000102. The van der Waals surface area contributed by atoms with E-state index in [2.05, 4.69) is 32.9 Å². The zero-order chi connectivity index (χ0) is 25.1. The van der Waals surface area contributed by atoms with Crippen molar-refractivity contribution in [2.24, 2.45) is 0 Å². The molecule has 0 fully saturated rings. The van der Waals surface area contributed by atoms with E-state index in [1.54, 1.807) is 24.3 Å². The maximum atomic E-state index is 11.0. The van der Waals surface area contributed by atoms with Gasteiger partial charge in [0.2, 0.25) is 0 Å². The highest BCUT2D eigenvalue weighted by Crippen LogP contribution is 2.17. The lowest BCUT2D eigenvalue weighted by atomic mass is 10.1. The van der Waals surface area contributed by atoms with Crippen LogP contribution in [0.3, 0.4) is 0 Å². The van der Waals surface area contributed by atoms with Crippen LogP contribution in [0.1, 0.15) is 108 Å². The zero-order valence-electron chi connectivity index (χ0n) is 21.8. The number of carboxylic acids is 1. The van der Waals surface area contributed by atoms with Crippen LogP contribution in [0.5, 0.6) is 5.75 Å². The largest absolute Gasteiger partial charge is 0.478 e. The standard InChI is InChI=1S/C22H30O3.C8H18O/c1-2-3-4-5-6-7-8-9-10-11-12-13-16-19-25-21-18-15-14-17-20(21)22(23)24;1-3-5-7-9-8-6-4-2/h9-10,12-19H,2-8,11H2,1H3,(H,23,24);3-8H2,1-2H3. The van der Waals surface area contributed by atoms with Crippen molar-refractivity contribution in [3.05, 3.63) is 66.5 Å². The first-order valence-electron chi connectivity index (χ1n) is 13.2. The van der Waals surface area contributed by atoms with Crippen LogP contribution in [0, 0.1) is 0 Å². The molecular weight excluding hydrogens is 424 g/mol. The number of rotatable bonds is 19. The third-order valence-electron chi connectivity index (χ3n) is 5.09. The molecular formula is C30H48O4. The van der Waals surface area contributed by atoms with E-state index in [1.165, 1.54) is 76.5 Å². The molecule has 0 heterocycles. The average molecular weight is 473 g/mol. The van der Waals surface area contributed by atoms with Gasteiger partial charge in [-0.3, -0.25) is 0 Å². The maximum absolute atomic E-state index is 11.0. The van der Waals surface area contributed by atoms with E-state index < -0.39 is 5.97 Å². The van der Waals surface area contributed by atoms with Gasteiger partial charge in [-0.2, -0.15) is 0 Å². The molecule has 192 valence electrons. The normalized spacial score (nSPS) is 11.3. The molecule has 1 rings (SSSR count). The van der Waals surface area contributed by atoms with E-state index in [-0.39, 0.29) is 5.56 Å². The number of benzene rings is 1. The molecule has 0 aromatic heterocycles. The van der Waals surface area contributed by atoms with Gasteiger partial charge >= 0.3 is 5.97 Å². The molecule has 0 aliphatic rings. The summed E-state index contributed by atoms with van der Waals surface area (Å²) in [6.07, 6.45) is 26.6. The van der Waals surface area contributed by atoms with Gasteiger partial charge in [-0.1, -0.05) is 102 Å². The van der Waals surface area contributed by atoms with E-state index in [0.717, 1.165) is 26.1 Å². The predicted molar refractivity (Wildman–Crippen MR) is 145 cm³/mol. The summed E-state index contributed by atoms with van der Waals surface area (Å²) in [6.45, 7) is 8.52. The fourth-order valence-electron chi connectivity index (χ4n) is 2.99. The molecule has 1 N–H and O–H groups in total. The summed E-state index contributed by atoms with van der Waals surface area (Å²) < 4.78 is 10.7. The van der Waals surface area contributed by atoms with Crippen molar-refractivity contribution in [1.29, 1.82) is 0 Å². The van der Waals surface area contributed by atoms with Crippen LogP contribution in [-0.4, -0.2) is 24.3 Å². The highest BCUT2D eigenvalue weighted by Gasteiger charge is 2.08. The van der Waals surface area contributed by atoms with Crippen LogP contribution in [0.4, 0.5) is 0 Å². The van der Waals surface area contributed by atoms with Crippen LogP contribution in [-0.2, 0) is 4.74 Å². The molecule has 0 spiro atoms. The molecule has 0 saturated heterocycles. The minimum absolute atomic E-state index is 0.161. The summed E-state index contributed by atoms with van der Waals surface area (Å²) in [5.74, 6) is -0.645. The second kappa shape index (κ2) is 25.3. The van der Waals surface area contributed by atoms with Crippen LogP contribution < -0.4 is 4.74 Å². The van der Waals surface area contributed by atoms with Gasteiger partial charge in [-0.05, 0) is 50.3 Å². The van der Waals surface area contributed by atoms with E-state index in [1.807, 2.05) is 12.2 Å². The highest BCUT2D eigenvalue weighted by molar-refractivity contribution is 5.90. The molecule has 0 atom stereocenters. The van der Waals surface area contributed by atoms with Crippen LogP contribution in [0.25, 0.3) is 0 Å². The first kappa shape index (κ1) is 31.7. The van der Waals surface area contributed by atoms with Gasteiger partial charge in [-0.25, -0.2) is 4.79 Å². The summed E-state index contributed by atoms with van der Waals surface area (Å²) in [7, 11) is 0. The molecule has 0 radical (unpaired) electrons.